The van der Waals surface area contributed by atoms with Crippen molar-refractivity contribution in [3.8, 4) is 5.69 Å². The summed E-state index contributed by atoms with van der Waals surface area (Å²) in [6, 6.07) is 11.2. The molecule has 1 aliphatic heterocycles. The van der Waals surface area contributed by atoms with Gasteiger partial charge in [-0.05, 0) is 50.4 Å². The zero-order valence-electron chi connectivity index (χ0n) is 13.5. The summed E-state index contributed by atoms with van der Waals surface area (Å²) in [6.07, 6.45) is 0. The molecule has 0 amide bonds. The Morgan fingerprint density at radius 1 is 1.15 bits per heavy atom. The molecule has 7 nitrogen and oxygen atoms in total. The normalized spacial score (nSPS) is 12.8. The summed E-state index contributed by atoms with van der Waals surface area (Å²) < 4.78 is 2.63. The molecule has 0 fully saturated rings. The third-order valence-electron chi connectivity index (χ3n) is 4.23. The Bertz CT molecular complexity index is 1090. The van der Waals surface area contributed by atoms with Gasteiger partial charge < -0.3 is 0 Å². The fourth-order valence-electron chi connectivity index (χ4n) is 3.00. The Labute approximate surface area is 165 Å². The van der Waals surface area contributed by atoms with E-state index in [1.165, 1.54) is 6.07 Å². The van der Waals surface area contributed by atoms with E-state index in [1.54, 1.807) is 10.6 Å². The number of nitro benzene ring substituents is 1. The molecular weight excluding hydrogens is 466 g/mol. The van der Waals surface area contributed by atoms with E-state index in [4.69, 9.17) is 4.99 Å². The zero-order chi connectivity index (χ0) is 18.4. The second-order valence-corrected chi connectivity index (χ2v) is 7.34. The van der Waals surface area contributed by atoms with Gasteiger partial charge >= 0.3 is 0 Å². The first kappa shape index (κ1) is 17.0. The number of aryl methyl sites for hydroxylation is 1. The van der Waals surface area contributed by atoms with Gasteiger partial charge in [-0.2, -0.15) is 0 Å². The largest absolute Gasteiger partial charge is 0.285 e. The standard InChI is InChI=1S/C17H11Br2N5O2/c1-9-4-2-3-5-10(9)16-11-6-12(18)14(24(25)26)7-13(11)23-15(8-20-16)21-22-17(23)19/h2-7H,8H2,1H3. The highest BCUT2D eigenvalue weighted by Gasteiger charge is 2.27. The van der Waals surface area contributed by atoms with Crippen molar-refractivity contribution in [1.29, 1.82) is 0 Å². The molecule has 1 aliphatic rings. The monoisotopic (exact) mass is 475 g/mol. The molecule has 0 atom stereocenters. The van der Waals surface area contributed by atoms with Crippen molar-refractivity contribution in [2.45, 2.75) is 13.5 Å². The van der Waals surface area contributed by atoms with E-state index in [0.717, 1.165) is 22.4 Å². The fourth-order valence-corrected chi connectivity index (χ4v) is 3.97. The van der Waals surface area contributed by atoms with Crippen LogP contribution in [0.4, 0.5) is 5.69 Å². The molecule has 130 valence electrons. The maximum atomic E-state index is 11.4. The number of aromatic nitrogens is 3. The van der Waals surface area contributed by atoms with Gasteiger partial charge in [-0.15, -0.1) is 10.2 Å². The van der Waals surface area contributed by atoms with Gasteiger partial charge in [0.2, 0.25) is 4.73 Å². The predicted molar refractivity (Wildman–Crippen MR) is 104 cm³/mol. The molecule has 2 heterocycles. The number of hydrogen-bond acceptors (Lipinski definition) is 5. The van der Waals surface area contributed by atoms with Crippen LogP contribution in [0.1, 0.15) is 22.5 Å². The fraction of sp³-hybridized carbons (Fsp3) is 0.118. The molecule has 2 aromatic carbocycles. The van der Waals surface area contributed by atoms with E-state index in [-0.39, 0.29) is 5.69 Å². The van der Waals surface area contributed by atoms with E-state index in [9.17, 15) is 10.1 Å². The van der Waals surface area contributed by atoms with Crippen LogP contribution in [0, 0.1) is 17.0 Å². The molecule has 0 radical (unpaired) electrons. The maximum Gasteiger partial charge on any atom is 0.285 e. The average molecular weight is 477 g/mol. The molecule has 0 unspecified atom stereocenters. The van der Waals surface area contributed by atoms with Crippen LogP contribution in [-0.4, -0.2) is 25.4 Å². The van der Waals surface area contributed by atoms with Crippen LogP contribution in [0.25, 0.3) is 5.69 Å². The quantitative estimate of drug-likeness (QED) is 0.406. The number of fused-ring (bicyclic) bond motifs is 3. The first-order valence-corrected chi connectivity index (χ1v) is 9.25. The number of nitrogens with zero attached hydrogens (tertiary/aromatic N) is 5. The van der Waals surface area contributed by atoms with E-state index in [0.29, 0.717) is 27.3 Å². The Hall–Kier alpha value is -2.39. The van der Waals surface area contributed by atoms with Crippen LogP contribution >= 0.6 is 31.9 Å². The highest BCUT2D eigenvalue weighted by molar-refractivity contribution is 9.10. The summed E-state index contributed by atoms with van der Waals surface area (Å²) >= 11 is 6.70. The van der Waals surface area contributed by atoms with Gasteiger partial charge in [0.15, 0.2) is 5.82 Å². The Morgan fingerprint density at radius 3 is 2.65 bits per heavy atom. The summed E-state index contributed by atoms with van der Waals surface area (Å²) in [5, 5.41) is 19.6. The molecule has 26 heavy (non-hydrogen) atoms. The lowest BCUT2D eigenvalue weighted by atomic mass is 9.96. The van der Waals surface area contributed by atoms with Crippen molar-refractivity contribution in [3.63, 3.8) is 0 Å². The van der Waals surface area contributed by atoms with Gasteiger partial charge in [0.05, 0.1) is 20.8 Å². The van der Waals surface area contributed by atoms with Crippen LogP contribution in [-0.2, 0) is 6.54 Å². The molecule has 0 spiro atoms. The summed E-state index contributed by atoms with van der Waals surface area (Å²) in [5.41, 5.74) is 4.18. The van der Waals surface area contributed by atoms with Gasteiger partial charge in [0, 0.05) is 17.2 Å². The topological polar surface area (TPSA) is 86.2 Å². The number of benzene rings is 2. The second kappa shape index (κ2) is 6.40. The van der Waals surface area contributed by atoms with Gasteiger partial charge in [0.25, 0.3) is 5.69 Å². The lowest BCUT2D eigenvalue weighted by Gasteiger charge is -2.14. The minimum absolute atomic E-state index is 0.0265. The highest BCUT2D eigenvalue weighted by Crippen LogP contribution is 2.35. The number of nitro groups is 1. The molecule has 1 aromatic heterocycles. The third kappa shape index (κ3) is 2.67. The number of aliphatic imine (C=N–C) groups is 1. The predicted octanol–water partition coefficient (Wildman–Crippen LogP) is 4.36. The summed E-state index contributed by atoms with van der Waals surface area (Å²) in [4.78, 5) is 15.8. The van der Waals surface area contributed by atoms with Crippen molar-refractivity contribution in [2.24, 2.45) is 4.99 Å². The van der Waals surface area contributed by atoms with E-state index in [1.807, 2.05) is 31.2 Å². The van der Waals surface area contributed by atoms with Crippen molar-refractivity contribution in [3.05, 3.63) is 78.2 Å². The second-order valence-electron chi connectivity index (χ2n) is 5.78. The number of halogens is 2. The molecule has 0 N–H and O–H groups in total. The van der Waals surface area contributed by atoms with Crippen LogP contribution < -0.4 is 0 Å². The van der Waals surface area contributed by atoms with E-state index >= 15 is 0 Å². The Kier molecular flexibility index (Phi) is 4.20. The third-order valence-corrected chi connectivity index (χ3v) is 5.38. The molecule has 0 saturated carbocycles. The zero-order valence-corrected chi connectivity index (χ0v) is 16.7. The van der Waals surface area contributed by atoms with Gasteiger partial charge in [-0.25, -0.2) is 0 Å². The lowest BCUT2D eigenvalue weighted by molar-refractivity contribution is -0.385. The first-order valence-electron chi connectivity index (χ1n) is 7.66. The first-order chi connectivity index (χ1) is 12.5. The van der Waals surface area contributed by atoms with Crippen molar-refractivity contribution in [1.82, 2.24) is 14.8 Å². The molecule has 4 rings (SSSR count). The molecule has 0 saturated heterocycles. The molecule has 3 aromatic rings. The molecule has 9 heteroatoms. The van der Waals surface area contributed by atoms with Crippen LogP contribution in [0.2, 0.25) is 0 Å². The highest BCUT2D eigenvalue weighted by atomic mass is 79.9. The van der Waals surface area contributed by atoms with Crippen molar-refractivity contribution >= 4 is 43.3 Å². The maximum absolute atomic E-state index is 11.4. The van der Waals surface area contributed by atoms with Gasteiger partial charge in [0.1, 0.15) is 6.54 Å². The minimum Gasteiger partial charge on any atom is -0.276 e. The lowest BCUT2D eigenvalue weighted by Crippen LogP contribution is -2.10. The molecule has 0 bridgehead atoms. The van der Waals surface area contributed by atoms with E-state index in [2.05, 4.69) is 42.1 Å². The van der Waals surface area contributed by atoms with E-state index < -0.39 is 4.92 Å². The Balaban J connectivity index is 2.06. The molecule has 0 aliphatic carbocycles. The van der Waals surface area contributed by atoms with Crippen molar-refractivity contribution in [2.75, 3.05) is 0 Å². The summed E-state index contributed by atoms with van der Waals surface area (Å²) in [7, 11) is 0. The van der Waals surface area contributed by atoms with Gasteiger partial charge in [-0.1, -0.05) is 24.3 Å². The van der Waals surface area contributed by atoms with Crippen LogP contribution in [0.15, 0.2) is 50.6 Å². The average Bonchev–Trinajstić information content (AvgIpc) is 2.89. The summed E-state index contributed by atoms with van der Waals surface area (Å²) in [6.45, 7) is 2.33. The number of rotatable bonds is 2. The minimum atomic E-state index is -0.419. The van der Waals surface area contributed by atoms with Crippen molar-refractivity contribution < 1.29 is 4.92 Å². The Morgan fingerprint density at radius 2 is 1.92 bits per heavy atom. The van der Waals surface area contributed by atoms with Crippen LogP contribution in [0.5, 0.6) is 0 Å². The summed E-state index contributed by atoms with van der Waals surface area (Å²) in [5.74, 6) is 0.610. The van der Waals surface area contributed by atoms with Crippen LogP contribution in [0.3, 0.4) is 0 Å². The molecular formula is C17H11Br2N5O2. The SMILES string of the molecule is Cc1ccccc1C1=NCc2nnc(Br)n2-c2cc([N+](=O)[O-])c(Br)cc21. The number of hydrogen-bond donors (Lipinski definition) is 0. The smallest absolute Gasteiger partial charge is 0.276 e. The van der Waals surface area contributed by atoms with Gasteiger partial charge in [-0.3, -0.25) is 19.7 Å².